The first-order valence-electron chi connectivity index (χ1n) is 6.94. The van der Waals surface area contributed by atoms with Gasteiger partial charge in [0, 0.05) is 12.2 Å². The van der Waals surface area contributed by atoms with Crippen molar-refractivity contribution in [3.63, 3.8) is 0 Å². The standard InChI is InChI=1S/C15H23N3O2/c1-4-9-16-14(19)10-17-15(20)18-13-7-5-12(6-8-13)11(2)3/h5-8,11H,4,9-10H2,1-3H3,(H,16,19)(H2,17,18,20). The van der Waals surface area contributed by atoms with Gasteiger partial charge >= 0.3 is 6.03 Å². The summed E-state index contributed by atoms with van der Waals surface area (Å²) in [6, 6.07) is 7.29. The normalized spacial score (nSPS) is 10.2. The topological polar surface area (TPSA) is 70.2 Å². The van der Waals surface area contributed by atoms with Gasteiger partial charge < -0.3 is 16.0 Å². The molecule has 5 heteroatoms. The molecule has 0 spiro atoms. The highest BCUT2D eigenvalue weighted by atomic mass is 16.2. The Morgan fingerprint density at radius 3 is 2.30 bits per heavy atom. The Morgan fingerprint density at radius 1 is 1.10 bits per heavy atom. The maximum absolute atomic E-state index is 11.6. The van der Waals surface area contributed by atoms with Crippen molar-refractivity contribution in [3.05, 3.63) is 29.8 Å². The Hall–Kier alpha value is -2.04. The van der Waals surface area contributed by atoms with Crippen molar-refractivity contribution in [3.8, 4) is 0 Å². The smallest absolute Gasteiger partial charge is 0.319 e. The number of anilines is 1. The van der Waals surface area contributed by atoms with Crippen molar-refractivity contribution in [1.29, 1.82) is 0 Å². The number of hydrogen-bond donors (Lipinski definition) is 3. The summed E-state index contributed by atoms with van der Waals surface area (Å²) in [5.41, 5.74) is 1.93. The fourth-order valence-corrected chi connectivity index (χ4v) is 1.61. The molecule has 3 N–H and O–H groups in total. The highest BCUT2D eigenvalue weighted by Crippen LogP contribution is 2.16. The molecular formula is C15H23N3O2. The van der Waals surface area contributed by atoms with Crippen LogP contribution in [-0.4, -0.2) is 25.0 Å². The summed E-state index contributed by atoms with van der Waals surface area (Å²) in [6.07, 6.45) is 0.875. The Labute approximate surface area is 120 Å². The van der Waals surface area contributed by atoms with Crippen LogP contribution in [-0.2, 0) is 4.79 Å². The molecule has 110 valence electrons. The molecule has 1 aromatic rings. The minimum absolute atomic E-state index is 0.0179. The largest absolute Gasteiger partial charge is 0.355 e. The van der Waals surface area contributed by atoms with E-state index < -0.39 is 0 Å². The Morgan fingerprint density at radius 2 is 1.75 bits per heavy atom. The summed E-state index contributed by atoms with van der Waals surface area (Å²) in [4.78, 5) is 22.9. The van der Waals surface area contributed by atoms with Crippen LogP contribution in [0.3, 0.4) is 0 Å². The number of benzene rings is 1. The zero-order valence-corrected chi connectivity index (χ0v) is 12.3. The number of amides is 3. The first-order chi connectivity index (χ1) is 9.52. The van der Waals surface area contributed by atoms with Gasteiger partial charge in [-0.1, -0.05) is 32.9 Å². The average Bonchev–Trinajstić information content (AvgIpc) is 2.43. The zero-order valence-electron chi connectivity index (χ0n) is 12.3. The monoisotopic (exact) mass is 277 g/mol. The van der Waals surface area contributed by atoms with Crippen LogP contribution < -0.4 is 16.0 Å². The lowest BCUT2D eigenvalue weighted by molar-refractivity contribution is -0.120. The average molecular weight is 277 g/mol. The second-order valence-electron chi connectivity index (χ2n) is 4.93. The molecular weight excluding hydrogens is 254 g/mol. The van der Waals surface area contributed by atoms with Crippen LogP contribution in [0, 0.1) is 0 Å². The van der Waals surface area contributed by atoms with Gasteiger partial charge in [0.2, 0.25) is 5.91 Å². The maximum atomic E-state index is 11.6. The summed E-state index contributed by atoms with van der Waals surface area (Å²) >= 11 is 0. The fraction of sp³-hybridized carbons (Fsp3) is 0.467. The number of urea groups is 1. The molecule has 0 bridgehead atoms. The molecule has 20 heavy (non-hydrogen) atoms. The lowest BCUT2D eigenvalue weighted by Gasteiger charge is -2.09. The Bertz CT molecular complexity index is 441. The summed E-state index contributed by atoms with van der Waals surface area (Å²) in [7, 11) is 0. The summed E-state index contributed by atoms with van der Waals surface area (Å²) in [5.74, 6) is 0.275. The Balaban J connectivity index is 2.36. The molecule has 0 heterocycles. The van der Waals surface area contributed by atoms with Crippen LogP contribution in [0.15, 0.2) is 24.3 Å². The molecule has 0 radical (unpaired) electrons. The third-order valence-electron chi connectivity index (χ3n) is 2.82. The summed E-state index contributed by atoms with van der Waals surface area (Å²) in [6.45, 7) is 6.81. The van der Waals surface area contributed by atoms with Gasteiger partial charge in [0.1, 0.15) is 0 Å². The molecule has 0 aliphatic heterocycles. The highest BCUT2D eigenvalue weighted by molar-refractivity contribution is 5.92. The molecule has 0 saturated carbocycles. The molecule has 1 rings (SSSR count). The van der Waals surface area contributed by atoms with Crippen LogP contribution in [0.25, 0.3) is 0 Å². The van der Waals surface area contributed by atoms with E-state index in [0.717, 1.165) is 6.42 Å². The van der Waals surface area contributed by atoms with E-state index in [4.69, 9.17) is 0 Å². The van der Waals surface area contributed by atoms with Crippen molar-refractivity contribution in [2.45, 2.75) is 33.1 Å². The van der Waals surface area contributed by atoms with Crippen molar-refractivity contribution in [1.82, 2.24) is 10.6 Å². The van der Waals surface area contributed by atoms with Gasteiger partial charge in [-0.15, -0.1) is 0 Å². The minimum atomic E-state index is -0.381. The predicted octanol–water partition coefficient (Wildman–Crippen LogP) is 2.46. The first kappa shape index (κ1) is 16.0. The van der Waals surface area contributed by atoms with Gasteiger partial charge in [-0.2, -0.15) is 0 Å². The number of carbonyl (C=O) groups is 2. The lowest BCUT2D eigenvalue weighted by Crippen LogP contribution is -2.39. The molecule has 1 aromatic carbocycles. The molecule has 0 aliphatic carbocycles. The molecule has 0 aromatic heterocycles. The highest BCUT2D eigenvalue weighted by Gasteiger charge is 2.05. The van der Waals surface area contributed by atoms with Crippen LogP contribution >= 0.6 is 0 Å². The maximum Gasteiger partial charge on any atom is 0.319 e. The third-order valence-corrected chi connectivity index (χ3v) is 2.82. The van der Waals surface area contributed by atoms with E-state index in [2.05, 4.69) is 29.8 Å². The summed E-state index contributed by atoms with van der Waals surface area (Å²) in [5, 5.41) is 7.89. The quantitative estimate of drug-likeness (QED) is 0.747. The van der Waals surface area contributed by atoms with Gasteiger partial charge in [0.05, 0.1) is 6.54 Å². The van der Waals surface area contributed by atoms with Gasteiger partial charge in [0.15, 0.2) is 0 Å². The number of carbonyl (C=O) groups excluding carboxylic acids is 2. The molecule has 0 unspecified atom stereocenters. The molecule has 0 saturated heterocycles. The van der Waals surface area contributed by atoms with E-state index in [1.165, 1.54) is 5.56 Å². The second kappa shape index (κ2) is 8.19. The lowest BCUT2D eigenvalue weighted by atomic mass is 10.0. The van der Waals surface area contributed by atoms with Gasteiger partial charge in [-0.3, -0.25) is 4.79 Å². The van der Waals surface area contributed by atoms with Crippen LogP contribution in [0.4, 0.5) is 10.5 Å². The molecule has 3 amide bonds. The SMILES string of the molecule is CCCNC(=O)CNC(=O)Nc1ccc(C(C)C)cc1. The Kier molecular flexibility index (Phi) is 6.56. The molecule has 0 atom stereocenters. The van der Waals surface area contributed by atoms with Gasteiger partial charge in [-0.25, -0.2) is 4.79 Å². The third kappa shape index (κ3) is 5.73. The first-order valence-corrected chi connectivity index (χ1v) is 6.94. The summed E-state index contributed by atoms with van der Waals surface area (Å²) < 4.78 is 0. The van der Waals surface area contributed by atoms with Crippen molar-refractivity contribution in [2.24, 2.45) is 0 Å². The van der Waals surface area contributed by atoms with Gasteiger partial charge in [0.25, 0.3) is 0 Å². The van der Waals surface area contributed by atoms with Gasteiger partial charge in [-0.05, 0) is 30.0 Å². The fourth-order valence-electron chi connectivity index (χ4n) is 1.61. The van der Waals surface area contributed by atoms with E-state index in [9.17, 15) is 9.59 Å². The molecule has 0 fully saturated rings. The van der Waals surface area contributed by atoms with Crippen molar-refractivity contribution >= 4 is 17.6 Å². The van der Waals surface area contributed by atoms with E-state index in [-0.39, 0.29) is 18.5 Å². The van der Waals surface area contributed by atoms with Crippen molar-refractivity contribution < 1.29 is 9.59 Å². The predicted molar refractivity (Wildman–Crippen MR) is 80.9 cm³/mol. The molecule has 5 nitrogen and oxygen atoms in total. The number of hydrogen-bond acceptors (Lipinski definition) is 2. The van der Waals surface area contributed by atoms with E-state index in [0.29, 0.717) is 18.2 Å². The van der Waals surface area contributed by atoms with Crippen LogP contribution in [0.5, 0.6) is 0 Å². The van der Waals surface area contributed by atoms with E-state index in [1.807, 2.05) is 31.2 Å². The van der Waals surface area contributed by atoms with Crippen LogP contribution in [0.1, 0.15) is 38.7 Å². The van der Waals surface area contributed by atoms with E-state index in [1.54, 1.807) is 0 Å². The zero-order chi connectivity index (χ0) is 15.0. The second-order valence-corrected chi connectivity index (χ2v) is 4.93. The number of rotatable bonds is 6. The minimum Gasteiger partial charge on any atom is -0.355 e. The molecule has 0 aliphatic rings. The number of nitrogens with one attached hydrogen (secondary N) is 3. The van der Waals surface area contributed by atoms with E-state index >= 15 is 0 Å². The van der Waals surface area contributed by atoms with Crippen LogP contribution in [0.2, 0.25) is 0 Å². The van der Waals surface area contributed by atoms with Crippen molar-refractivity contribution in [2.75, 3.05) is 18.4 Å².